The number of ether oxygens (including phenoxy) is 2. The van der Waals surface area contributed by atoms with Gasteiger partial charge >= 0.3 is 0 Å². The van der Waals surface area contributed by atoms with Crippen LogP contribution >= 0.6 is 0 Å². The predicted octanol–water partition coefficient (Wildman–Crippen LogP) is 6.71. The zero-order valence-corrected chi connectivity index (χ0v) is 23.6. The number of nitrogens with one attached hydrogen (secondary N) is 3. The Hall–Kier alpha value is -3.90. The highest BCUT2D eigenvalue weighted by molar-refractivity contribution is 5.88. The average Bonchev–Trinajstić information content (AvgIpc) is 3.02. The second-order valence-corrected chi connectivity index (χ2v) is 10.7. The second-order valence-electron chi connectivity index (χ2n) is 10.7. The lowest BCUT2D eigenvalue weighted by atomic mass is 10.0. The Morgan fingerprint density at radius 1 is 0.439 bits per heavy atom. The maximum absolute atomic E-state index is 6.53. The van der Waals surface area contributed by atoms with Crippen molar-refractivity contribution in [3.05, 3.63) is 119 Å². The van der Waals surface area contributed by atoms with E-state index in [2.05, 4.69) is 113 Å². The highest BCUT2D eigenvalue weighted by atomic mass is 16.5. The van der Waals surface area contributed by atoms with Gasteiger partial charge in [-0.1, -0.05) is 84.9 Å². The van der Waals surface area contributed by atoms with Crippen LogP contribution in [0.4, 0.5) is 0 Å². The molecule has 0 unspecified atom stereocenters. The first-order valence-electron chi connectivity index (χ1n) is 14.8. The van der Waals surface area contributed by atoms with Crippen molar-refractivity contribution in [2.45, 2.75) is 39.1 Å². The van der Waals surface area contributed by atoms with Crippen molar-refractivity contribution >= 4 is 21.5 Å². The molecule has 5 aromatic rings. The van der Waals surface area contributed by atoms with E-state index in [0.29, 0.717) is 13.2 Å². The molecule has 0 saturated heterocycles. The second kappa shape index (κ2) is 13.6. The Morgan fingerprint density at radius 3 is 1.39 bits per heavy atom. The van der Waals surface area contributed by atoms with Gasteiger partial charge in [0.15, 0.2) is 0 Å². The third-order valence-corrected chi connectivity index (χ3v) is 7.90. The average molecular weight is 546 g/mol. The number of fused-ring (bicyclic) bond motifs is 7. The highest BCUT2D eigenvalue weighted by Crippen LogP contribution is 2.31. The quantitative estimate of drug-likeness (QED) is 0.202. The lowest BCUT2D eigenvalue weighted by Gasteiger charge is -2.18. The topological polar surface area (TPSA) is 54.5 Å². The number of hydrogen-bond acceptors (Lipinski definition) is 5. The molecule has 5 nitrogen and oxygen atoms in total. The minimum atomic E-state index is 0.487. The summed E-state index contributed by atoms with van der Waals surface area (Å²) in [6, 6.07) is 34.1. The first kappa shape index (κ1) is 27.3. The van der Waals surface area contributed by atoms with Gasteiger partial charge in [-0.2, -0.15) is 0 Å². The third kappa shape index (κ3) is 6.71. The van der Waals surface area contributed by atoms with Crippen LogP contribution in [-0.4, -0.2) is 26.2 Å². The van der Waals surface area contributed by atoms with E-state index in [0.717, 1.165) is 74.7 Å². The Labute approximate surface area is 242 Å². The SMILES string of the molecule is c1ccc2c(c1)COc1ccc3ccccc3c1CNCCCNCCCNCc1c(ccc3ccccc13)OC2. The van der Waals surface area contributed by atoms with Gasteiger partial charge in [0.25, 0.3) is 0 Å². The molecule has 0 aliphatic carbocycles. The molecule has 0 fully saturated rings. The maximum atomic E-state index is 6.53. The summed E-state index contributed by atoms with van der Waals surface area (Å²) in [6.07, 6.45) is 2.16. The molecule has 1 aliphatic heterocycles. The van der Waals surface area contributed by atoms with E-state index in [1.807, 2.05) is 0 Å². The van der Waals surface area contributed by atoms with E-state index in [-0.39, 0.29) is 0 Å². The third-order valence-electron chi connectivity index (χ3n) is 7.90. The summed E-state index contributed by atoms with van der Waals surface area (Å²) in [6.45, 7) is 6.44. The Balaban J connectivity index is 1.29. The largest absolute Gasteiger partial charge is 0.489 e. The van der Waals surface area contributed by atoms with Gasteiger partial charge in [-0.15, -0.1) is 0 Å². The van der Waals surface area contributed by atoms with Crippen molar-refractivity contribution in [1.82, 2.24) is 16.0 Å². The molecule has 0 aromatic heterocycles. The zero-order chi connectivity index (χ0) is 27.7. The van der Waals surface area contributed by atoms with Crippen LogP contribution in [0, 0.1) is 0 Å². The van der Waals surface area contributed by atoms with Crippen molar-refractivity contribution in [3.63, 3.8) is 0 Å². The lowest BCUT2D eigenvalue weighted by molar-refractivity contribution is 0.282. The van der Waals surface area contributed by atoms with Gasteiger partial charge in [-0.25, -0.2) is 0 Å². The van der Waals surface area contributed by atoms with Gasteiger partial charge in [-0.3, -0.25) is 0 Å². The van der Waals surface area contributed by atoms with Gasteiger partial charge in [0, 0.05) is 24.2 Å². The van der Waals surface area contributed by atoms with Crippen LogP contribution in [0.2, 0.25) is 0 Å². The molecule has 1 aliphatic rings. The molecule has 0 radical (unpaired) electrons. The number of rotatable bonds is 0. The van der Waals surface area contributed by atoms with Crippen LogP contribution in [0.5, 0.6) is 11.5 Å². The smallest absolute Gasteiger partial charge is 0.124 e. The molecule has 41 heavy (non-hydrogen) atoms. The summed E-state index contributed by atoms with van der Waals surface area (Å²) >= 11 is 0. The Morgan fingerprint density at radius 2 is 0.878 bits per heavy atom. The van der Waals surface area contributed by atoms with Crippen molar-refractivity contribution in [1.29, 1.82) is 0 Å². The molecule has 0 atom stereocenters. The fraction of sp³-hybridized carbons (Fsp3) is 0.278. The number of hydrogen-bond donors (Lipinski definition) is 3. The molecular weight excluding hydrogens is 506 g/mol. The van der Waals surface area contributed by atoms with E-state index in [1.54, 1.807) is 0 Å². The molecule has 6 rings (SSSR count). The molecule has 0 spiro atoms. The van der Waals surface area contributed by atoms with Gasteiger partial charge in [-0.05, 0) is 83.8 Å². The molecule has 0 amide bonds. The van der Waals surface area contributed by atoms with Gasteiger partial charge in [0.1, 0.15) is 24.7 Å². The first-order chi connectivity index (χ1) is 20.4. The van der Waals surface area contributed by atoms with Crippen molar-refractivity contribution in [2.24, 2.45) is 0 Å². The minimum absolute atomic E-state index is 0.487. The molecule has 3 N–H and O–H groups in total. The van der Waals surface area contributed by atoms with Gasteiger partial charge in [0.05, 0.1) is 0 Å². The summed E-state index contributed by atoms with van der Waals surface area (Å²) in [4.78, 5) is 0. The van der Waals surface area contributed by atoms with Crippen LogP contribution in [0.3, 0.4) is 0 Å². The van der Waals surface area contributed by atoms with Crippen molar-refractivity contribution in [3.8, 4) is 11.5 Å². The summed E-state index contributed by atoms with van der Waals surface area (Å²) in [5.74, 6) is 1.86. The Kier molecular flexibility index (Phi) is 9.08. The fourth-order valence-electron chi connectivity index (χ4n) is 5.65. The fourth-order valence-corrected chi connectivity index (χ4v) is 5.65. The van der Waals surface area contributed by atoms with Crippen molar-refractivity contribution < 1.29 is 9.47 Å². The van der Waals surface area contributed by atoms with Crippen LogP contribution in [-0.2, 0) is 26.3 Å². The monoisotopic (exact) mass is 545 g/mol. The molecule has 0 bridgehead atoms. The van der Waals surface area contributed by atoms with Crippen molar-refractivity contribution in [2.75, 3.05) is 26.2 Å². The molecule has 210 valence electrons. The molecule has 0 saturated carbocycles. The number of benzene rings is 5. The summed E-state index contributed by atoms with van der Waals surface area (Å²) in [7, 11) is 0. The van der Waals surface area contributed by atoms with Crippen LogP contribution in [0.25, 0.3) is 21.5 Å². The van der Waals surface area contributed by atoms with E-state index in [1.165, 1.54) is 32.7 Å². The standard InChI is InChI=1S/C36H39N3O2/c1-2-12-30-26-41-36-18-16-28-10-4-6-14-32(28)34(36)24-39-22-8-20-37-19-7-21-38-23-33-31-13-5-3-9-27(31)15-17-35(33)40-25-29(30)11-1/h1-6,9-18,37-39H,7-8,19-26H2. The predicted molar refractivity (Wildman–Crippen MR) is 169 cm³/mol. The maximum Gasteiger partial charge on any atom is 0.124 e. The molecule has 5 aromatic carbocycles. The van der Waals surface area contributed by atoms with E-state index in [4.69, 9.17) is 9.47 Å². The molecule has 5 heteroatoms. The summed E-state index contributed by atoms with van der Waals surface area (Å²) < 4.78 is 13.1. The molecular formula is C36H39N3O2. The highest BCUT2D eigenvalue weighted by Gasteiger charge is 2.13. The normalized spacial score (nSPS) is 15.9. The first-order valence-corrected chi connectivity index (χ1v) is 14.8. The van der Waals surface area contributed by atoms with E-state index in [9.17, 15) is 0 Å². The minimum Gasteiger partial charge on any atom is -0.489 e. The lowest BCUT2D eigenvalue weighted by Crippen LogP contribution is -2.25. The zero-order valence-electron chi connectivity index (χ0n) is 23.6. The van der Waals surface area contributed by atoms with Gasteiger partial charge < -0.3 is 25.4 Å². The van der Waals surface area contributed by atoms with Crippen LogP contribution in [0.15, 0.2) is 97.1 Å². The van der Waals surface area contributed by atoms with Gasteiger partial charge in [0.2, 0.25) is 0 Å². The summed E-state index contributed by atoms with van der Waals surface area (Å²) in [5, 5.41) is 15.8. The van der Waals surface area contributed by atoms with E-state index < -0.39 is 0 Å². The van der Waals surface area contributed by atoms with E-state index >= 15 is 0 Å². The van der Waals surface area contributed by atoms with Crippen LogP contribution < -0.4 is 25.4 Å². The summed E-state index contributed by atoms with van der Waals surface area (Å²) in [5.41, 5.74) is 4.69. The molecule has 1 heterocycles. The Bertz CT molecular complexity index is 1480. The van der Waals surface area contributed by atoms with Crippen LogP contribution in [0.1, 0.15) is 35.1 Å².